The fourth-order valence-electron chi connectivity index (χ4n) is 3.56. The van der Waals surface area contributed by atoms with Crippen molar-refractivity contribution in [1.82, 2.24) is 15.6 Å². The number of amides is 2. The van der Waals surface area contributed by atoms with E-state index in [9.17, 15) is 32.3 Å². The molecule has 2 amide bonds. The zero-order chi connectivity index (χ0) is 23.7. The molecule has 0 aliphatic heterocycles. The second-order valence-electron chi connectivity index (χ2n) is 8.43. The number of carbonyl (C=O) groups excluding carboxylic acids is 3. The Hall–Kier alpha value is -3.43. The van der Waals surface area contributed by atoms with Gasteiger partial charge < -0.3 is 15.6 Å². The van der Waals surface area contributed by atoms with Crippen molar-refractivity contribution >= 4 is 17.6 Å². The number of carbonyl (C=O) groups is 3. The van der Waals surface area contributed by atoms with Crippen molar-refractivity contribution in [2.75, 3.05) is 13.1 Å². The molecule has 2 aromatic rings. The second-order valence-corrected chi connectivity index (χ2v) is 8.43. The van der Waals surface area contributed by atoms with Gasteiger partial charge in [0.1, 0.15) is 5.56 Å². The van der Waals surface area contributed by atoms with E-state index in [4.69, 9.17) is 0 Å². The molecule has 0 fully saturated rings. The number of benzene rings is 1. The number of hydrogen-bond acceptors (Lipinski definition) is 4. The van der Waals surface area contributed by atoms with E-state index >= 15 is 0 Å². The molecule has 7 nitrogen and oxygen atoms in total. The molecule has 1 aromatic carbocycles. The standard InChI is InChI=1S/C22H22F3N3O4/c1-21(2)10-16-14(17(29)11-21)9-15(20(32)28-16)19(31)27-8-7-26-18(30)12-3-5-13(6-4-12)22(23,24)25/h3-6,9H,7-8,10-11H2,1-2H3,(H,26,30)(H,27,31)(H,28,32). The third kappa shape index (κ3) is 5.24. The molecule has 3 N–H and O–H groups in total. The largest absolute Gasteiger partial charge is 0.416 e. The number of ketones is 1. The van der Waals surface area contributed by atoms with Crippen LogP contribution in [0.3, 0.4) is 0 Å². The lowest BCUT2D eigenvalue weighted by Gasteiger charge is -2.29. The molecule has 0 radical (unpaired) electrons. The van der Waals surface area contributed by atoms with Gasteiger partial charge in [0.15, 0.2) is 5.78 Å². The maximum absolute atomic E-state index is 12.6. The molecular formula is C22H22F3N3O4. The Balaban J connectivity index is 1.56. The Kier molecular flexibility index (Phi) is 6.25. The third-order valence-corrected chi connectivity index (χ3v) is 5.13. The maximum Gasteiger partial charge on any atom is 0.416 e. The summed E-state index contributed by atoms with van der Waals surface area (Å²) >= 11 is 0. The summed E-state index contributed by atoms with van der Waals surface area (Å²) in [7, 11) is 0. The molecular weight excluding hydrogens is 427 g/mol. The summed E-state index contributed by atoms with van der Waals surface area (Å²) in [6.45, 7) is 3.81. The second kappa shape index (κ2) is 8.60. The number of aromatic amines is 1. The first-order valence-corrected chi connectivity index (χ1v) is 9.90. The molecule has 0 saturated heterocycles. The summed E-state index contributed by atoms with van der Waals surface area (Å²) < 4.78 is 37.7. The topological polar surface area (TPSA) is 108 Å². The molecule has 0 saturated carbocycles. The van der Waals surface area contributed by atoms with Crippen LogP contribution in [0.2, 0.25) is 0 Å². The first-order chi connectivity index (χ1) is 14.9. The quantitative estimate of drug-likeness (QED) is 0.610. The molecule has 1 aliphatic carbocycles. The number of fused-ring (bicyclic) bond motifs is 1. The molecule has 10 heteroatoms. The molecule has 1 heterocycles. The van der Waals surface area contributed by atoms with Gasteiger partial charge in [0.05, 0.1) is 5.56 Å². The molecule has 0 spiro atoms. The van der Waals surface area contributed by atoms with Gasteiger partial charge in [-0.3, -0.25) is 19.2 Å². The molecule has 3 rings (SSSR count). The van der Waals surface area contributed by atoms with Crippen LogP contribution in [-0.4, -0.2) is 35.7 Å². The summed E-state index contributed by atoms with van der Waals surface area (Å²) in [5, 5.41) is 4.95. The lowest BCUT2D eigenvalue weighted by molar-refractivity contribution is -0.137. The van der Waals surface area contributed by atoms with E-state index in [1.54, 1.807) is 0 Å². The van der Waals surface area contributed by atoms with Crippen LogP contribution in [0.25, 0.3) is 0 Å². The number of aromatic nitrogens is 1. The highest BCUT2D eigenvalue weighted by Crippen LogP contribution is 2.33. The predicted octanol–water partition coefficient (Wildman–Crippen LogP) is 2.71. The monoisotopic (exact) mass is 449 g/mol. The molecule has 0 bridgehead atoms. The van der Waals surface area contributed by atoms with E-state index in [0.717, 1.165) is 24.3 Å². The Bertz CT molecular complexity index is 1120. The normalized spacial score (nSPS) is 15.1. The van der Waals surface area contributed by atoms with Gasteiger partial charge in [-0.05, 0) is 42.2 Å². The molecule has 32 heavy (non-hydrogen) atoms. The summed E-state index contributed by atoms with van der Waals surface area (Å²) in [5.41, 5.74) is -1.08. The number of pyridine rings is 1. The Labute approximate surface area is 181 Å². The number of nitrogens with one attached hydrogen (secondary N) is 3. The Morgan fingerprint density at radius 2 is 1.59 bits per heavy atom. The van der Waals surface area contributed by atoms with E-state index < -0.39 is 29.1 Å². The minimum absolute atomic E-state index is 0.0123. The van der Waals surface area contributed by atoms with Gasteiger partial charge in [-0.25, -0.2) is 0 Å². The van der Waals surface area contributed by atoms with Gasteiger partial charge >= 0.3 is 6.18 Å². The number of H-pyrrole nitrogens is 1. The van der Waals surface area contributed by atoms with Crippen molar-refractivity contribution in [3.8, 4) is 0 Å². The summed E-state index contributed by atoms with van der Waals surface area (Å²) in [6.07, 6.45) is -3.67. The van der Waals surface area contributed by atoms with Crippen LogP contribution in [0, 0.1) is 5.41 Å². The van der Waals surface area contributed by atoms with Gasteiger partial charge in [-0.15, -0.1) is 0 Å². The Morgan fingerprint density at radius 1 is 1.00 bits per heavy atom. The Morgan fingerprint density at radius 3 is 2.19 bits per heavy atom. The highest BCUT2D eigenvalue weighted by atomic mass is 19.4. The van der Waals surface area contributed by atoms with E-state index in [0.29, 0.717) is 24.1 Å². The van der Waals surface area contributed by atoms with Gasteiger partial charge in [0, 0.05) is 36.3 Å². The molecule has 170 valence electrons. The first-order valence-electron chi connectivity index (χ1n) is 9.90. The average molecular weight is 449 g/mol. The van der Waals surface area contributed by atoms with Crippen LogP contribution in [0.15, 0.2) is 35.1 Å². The molecule has 1 aliphatic rings. The summed E-state index contributed by atoms with van der Waals surface area (Å²) in [6, 6.07) is 5.02. The molecule has 0 atom stereocenters. The average Bonchev–Trinajstić information content (AvgIpc) is 2.69. The third-order valence-electron chi connectivity index (χ3n) is 5.13. The van der Waals surface area contributed by atoms with Crippen LogP contribution in [0.4, 0.5) is 13.2 Å². The smallest absolute Gasteiger partial charge is 0.350 e. The van der Waals surface area contributed by atoms with E-state index in [1.807, 2.05) is 13.8 Å². The number of hydrogen-bond donors (Lipinski definition) is 3. The SMILES string of the molecule is CC1(C)CC(=O)c2cc(C(=O)NCCNC(=O)c3ccc(C(F)(F)F)cc3)c(=O)[nH]c2C1. The van der Waals surface area contributed by atoms with Crippen LogP contribution in [0.5, 0.6) is 0 Å². The van der Waals surface area contributed by atoms with E-state index in [1.165, 1.54) is 6.07 Å². The number of alkyl halides is 3. The number of Topliss-reactive ketones (excluding diaryl/α,β-unsaturated/α-hetero) is 1. The lowest BCUT2D eigenvalue weighted by Crippen LogP contribution is -2.38. The first kappa shape index (κ1) is 23.2. The zero-order valence-electron chi connectivity index (χ0n) is 17.5. The van der Waals surface area contributed by atoms with Crippen molar-refractivity contribution in [3.05, 3.63) is 68.6 Å². The van der Waals surface area contributed by atoms with Gasteiger partial charge in [-0.2, -0.15) is 13.2 Å². The summed E-state index contributed by atoms with van der Waals surface area (Å²) in [4.78, 5) is 51.7. The van der Waals surface area contributed by atoms with Crippen molar-refractivity contribution in [2.24, 2.45) is 5.41 Å². The highest BCUT2D eigenvalue weighted by molar-refractivity contribution is 6.02. The summed E-state index contributed by atoms with van der Waals surface area (Å²) in [5.74, 6) is -1.45. The van der Waals surface area contributed by atoms with Crippen LogP contribution >= 0.6 is 0 Å². The minimum atomic E-state index is -4.49. The number of halogens is 3. The molecule has 0 unspecified atom stereocenters. The predicted molar refractivity (Wildman–Crippen MR) is 110 cm³/mol. The fraction of sp³-hybridized carbons (Fsp3) is 0.364. The fourth-order valence-corrected chi connectivity index (χ4v) is 3.56. The number of rotatable bonds is 5. The van der Waals surface area contributed by atoms with Crippen LogP contribution < -0.4 is 16.2 Å². The highest BCUT2D eigenvalue weighted by Gasteiger charge is 2.33. The van der Waals surface area contributed by atoms with Crippen molar-refractivity contribution in [2.45, 2.75) is 32.9 Å². The zero-order valence-corrected chi connectivity index (χ0v) is 17.5. The van der Waals surface area contributed by atoms with Crippen LogP contribution in [0.1, 0.15) is 62.6 Å². The van der Waals surface area contributed by atoms with Crippen molar-refractivity contribution in [3.63, 3.8) is 0 Å². The van der Waals surface area contributed by atoms with Gasteiger partial charge in [0.2, 0.25) is 0 Å². The van der Waals surface area contributed by atoms with Crippen molar-refractivity contribution < 1.29 is 27.6 Å². The maximum atomic E-state index is 12.6. The van der Waals surface area contributed by atoms with E-state index in [-0.39, 0.29) is 35.4 Å². The van der Waals surface area contributed by atoms with E-state index in [2.05, 4.69) is 15.6 Å². The van der Waals surface area contributed by atoms with Crippen LogP contribution in [-0.2, 0) is 12.6 Å². The van der Waals surface area contributed by atoms with Crippen molar-refractivity contribution in [1.29, 1.82) is 0 Å². The molecule has 1 aromatic heterocycles. The van der Waals surface area contributed by atoms with Gasteiger partial charge in [-0.1, -0.05) is 13.8 Å². The lowest BCUT2D eigenvalue weighted by atomic mass is 9.75. The van der Waals surface area contributed by atoms with Gasteiger partial charge in [0.25, 0.3) is 17.4 Å². The minimum Gasteiger partial charge on any atom is -0.350 e.